The van der Waals surface area contributed by atoms with Gasteiger partial charge in [-0.2, -0.15) is 5.26 Å². The molecule has 0 radical (unpaired) electrons. The molecular weight excluding hydrogens is 138 g/mol. The van der Waals surface area contributed by atoms with E-state index in [1.54, 1.807) is 7.11 Å². The number of hydrogen-bond donors (Lipinski definition) is 0. The van der Waals surface area contributed by atoms with Crippen molar-refractivity contribution >= 4 is 0 Å². The SMILES string of the molecule is COC1=C(C#N)CCC1(C)C. The van der Waals surface area contributed by atoms with Crippen molar-refractivity contribution in [3.63, 3.8) is 0 Å². The smallest absolute Gasteiger partial charge is 0.115 e. The predicted octanol–water partition coefficient (Wildman–Crippen LogP) is 2.23. The summed E-state index contributed by atoms with van der Waals surface area (Å²) in [5, 5.41) is 8.71. The highest BCUT2D eigenvalue weighted by atomic mass is 16.5. The molecule has 11 heavy (non-hydrogen) atoms. The Morgan fingerprint density at radius 2 is 2.18 bits per heavy atom. The van der Waals surface area contributed by atoms with Crippen LogP contribution < -0.4 is 0 Å². The zero-order valence-corrected chi connectivity index (χ0v) is 7.27. The number of ether oxygens (including phenoxy) is 1. The summed E-state index contributed by atoms with van der Waals surface area (Å²) in [5.41, 5.74) is 0.886. The number of allylic oxidation sites excluding steroid dienone is 2. The number of rotatable bonds is 1. The second-order valence-corrected chi connectivity index (χ2v) is 3.51. The molecular formula is C9H13NO. The molecule has 0 aromatic heterocycles. The minimum absolute atomic E-state index is 0.0693. The predicted molar refractivity (Wildman–Crippen MR) is 42.7 cm³/mol. The summed E-state index contributed by atoms with van der Waals surface area (Å²) in [7, 11) is 1.64. The minimum atomic E-state index is 0.0693. The van der Waals surface area contributed by atoms with Crippen molar-refractivity contribution in [2.24, 2.45) is 5.41 Å². The van der Waals surface area contributed by atoms with Gasteiger partial charge in [-0.3, -0.25) is 0 Å². The first-order valence-corrected chi connectivity index (χ1v) is 3.79. The molecule has 0 unspecified atom stereocenters. The van der Waals surface area contributed by atoms with Crippen LogP contribution in [-0.4, -0.2) is 7.11 Å². The Morgan fingerprint density at radius 1 is 1.55 bits per heavy atom. The fourth-order valence-electron chi connectivity index (χ4n) is 1.58. The average molecular weight is 151 g/mol. The third-order valence-electron chi connectivity index (χ3n) is 2.23. The zero-order valence-electron chi connectivity index (χ0n) is 7.27. The maximum Gasteiger partial charge on any atom is 0.115 e. The van der Waals surface area contributed by atoms with E-state index in [4.69, 9.17) is 10.00 Å². The van der Waals surface area contributed by atoms with E-state index in [1.807, 2.05) is 0 Å². The van der Waals surface area contributed by atoms with Crippen LogP contribution in [0.2, 0.25) is 0 Å². The Balaban J connectivity index is 3.00. The van der Waals surface area contributed by atoms with Crippen molar-refractivity contribution in [3.8, 4) is 6.07 Å². The summed E-state index contributed by atoms with van der Waals surface area (Å²) in [6, 6.07) is 2.18. The van der Waals surface area contributed by atoms with Crippen LogP contribution in [0.25, 0.3) is 0 Å². The molecule has 2 nitrogen and oxygen atoms in total. The van der Waals surface area contributed by atoms with E-state index in [2.05, 4.69) is 19.9 Å². The molecule has 0 saturated carbocycles. The summed E-state index contributed by atoms with van der Waals surface area (Å²) in [5.74, 6) is 0.875. The van der Waals surface area contributed by atoms with E-state index in [0.717, 1.165) is 24.2 Å². The Hall–Kier alpha value is -0.970. The summed E-state index contributed by atoms with van der Waals surface area (Å²) in [6.45, 7) is 4.21. The van der Waals surface area contributed by atoms with Gasteiger partial charge >= 0.3 is 0 Å². The Labute approximate surface area is 67.5 Å². The Morgan fingerprint density at radius 3 is 2.55 bits per heavy atom. The van der Waals surface area contributed by atoms with Gasteiger partial charge in [0, 0.05) is 5.41 Å². The van der Waals surface area contributed by atoms with Gasteiger partial charge in [0.15, 0.2) is 0 Å². The first-order chi connectivity index (χ1) is 5.11. The van der Waals surface area contributed by atoms with E-state index in [9.17, 15) is 0 Å². The summed E-state index contributed by atoms with van der Waals surface area (Å²) in [4.78, 5) is 0. The second-order valence-electron chi connectivity index (χ2n) is 3.51. The van der Waals surface area contributed by atoms with Gasteiger partial charge in [0.2, 0.25) is 0 Å². The van der Waals surface area contributed by atoms with Crippen molar-refractivity contribution in [1.82, 2.24) is 0 Å². The molecule has 0 aromatic carbocycles. The molecule has 0 N–H and O–H groups in total. The lowest BCUT2D eigenvalue weighted by atomic mass is 9.91. The van der Waals surface area contributed by atoms with Gasteiger partial charge in [0.05, 0.1) is 18.8 Å². The molecule has 0 heterocycles. The minimum Gasteiger partial charge on any atom is -0.499 e. The van der Waals surface area contributed by atoms with E-state index >= 15 is 0 Å². The first-order valence-electron chi connectivity index (χ1n) is 3.79. The van der Waals surface area contributed by atoms with Crippen molar-refractivity contribution in [1.29, 1.82) is 5.26 Å². The fourth-order valence-corrected chi connectivity index (χ4v) is 1.58. The van der Waals surface area contributed by atoms with Gasteiger partial charge in [0.25, 0.3) is 0 Å². The van der Waals surface area contributed by atoms with Gasteiger partial charge < -0.3 is 4.74 Å². The number of hydrogen-bond acceptors (Lipinski definition) is 2. The first kappa shape index (κ1) is 8.13. The summed E-state index contributed by atoms with van der Waals surface area (Å²) >= 11 is 0. The van der Waals surface area contributed by atoms with Crippen LogP contribution in [0.15, 0.2) is 11.3 Å². The molecule has 0 fully saturated rings. The normalized spacial score (nSPS) is 21.6. The number of nitriles is 1. The fraction of sp³-hybridized carbons (Fsp3) is 0.667. The summed E-state index contributed by atoms with van der Waals surface area (Å²) < 4.78 is 5.19. The van der Waals surface area contributed by atoms with E-state index in [-0.39, 0.29) is 5.41 Å². The second kappa shape index (κ2) is 2.58. The number of methoxy groups -OCH3 is 1. The van der Waals surface area contributed by atoms with Crippen LogP contribution in [0.5, 0.6) is 0 Å². The summed E-state index contributed by atoms with van der Waals surface area (Å²) in [6.07, 6.45) is 1.89. The number of nitrogens with zero attached hydrogens (tertiary/aromatic N) is 1. The molecule has 1 aliphatic carbocycles. The lowest BCUT2D eigenvalue weighted by Gasteiger charge is -2.20. The molecule has 1 aliphatic rings. The Kier molecular flexibility index (Phi) is 1.90. The molecule has 0 amide bonds. The van der Waals surface area contributed by atoms with Crippen LogP contribution >= 0.6 is 0 Å². The van der Waals surface area contributed by atoms with Crippen LogP contribution in [0, 0.1) is 16.7 Å². The van der Waals surface area contributed by atoms with Crippen LogP contribution in [0.1, 0.15) is 26.7 Å². The highest BCUT2D eigenvalue weighted by molar-refractivity contribution is 5.32. The van der Waals surface area contributed by atoms with E-state index < -0.39 is 0 Å². The maximum atomic E-state index is 8.71. The van der Waals surface area contributed by atoms with Crippen LogP contribution in [0.3, 0.4) is 0 Å². The molecule has 0 saturated heterocycles. The van der Waals surface area contributed by atoms with E-state index in [1.165, 1.54) is 0 Å². The third-order valence-corrected chi connectivity index (χ3v) is 2.23. The maximum absolute atomic E-state index is 8.71. The zero-order chi connectivity index (χ0) is 8.48. The Bertz CT molecular complexity index is 232. The molecule has 60 valence electrons. The molecule has 2 heteroatoms. The van der Waals surface area contributed by atoms with Gasteiger partial charge in [-0.15, -0.1) is 0 Å². The molecule has 0 bridgehead atoms. The molecule has 0 spiro atoms. The molecule has 0 aliphatic heterocycles. The van der Waals surface area contributed by atoms with Gasteiger partial charge in [-0.1, -0.05) is 13.8 Å². The van der Waals surface area contributed by atoms with Gasteiger partial charge in [-0.05, 0) is 12.8 Å². The molecule has 0 aromatic rings. The lowest BCUT2D eigenvalue weighted by molar-refractivity contribution is 0.201. The third kappa shape index (κ3) is 1.23. The van der Waals surface area contributed by atoms with Crippen molar-refractivity contribution in [2.75, 3.05) is 7.11 Å². The highest BCUT2D eigenvalue weighted by Gasteiger charge is 2.33. The highest BCUT2D eigenvalue weighted by Crippen LogP contribution is 2.41. The topological polar surface area (TPSA) is 33.0 Å². The monoisotopic (exact) mass is 151 g/mol. The van der Waals surface area contributed by atoms with Crippen molar-refractivity contribution in [3.05, 3.63) is 11.3 Å². The standard InChI is InChI=1S/C9H13NO/c1-9(2)5-4-7(6-10)8(9)11-3/h4-5H2,1-3H3. The van der Waals surface area contributed by atoms with Crippen LogP contribution in [-0.2, 0) is 4.74 Å². The van der Waals surface area contributed by atoms with Gasteiger partial charge in [-0.25, -0.2) is 0 Å². The molecule has 1 rings (SSSR count). The largest absolute Gasteiger partial charge is 0.499 e. The van der Waals surface area contributed by atoms with Gasteiger partial charge in [0.1, 0.15) is 5.76 Å². The lowest BCUT2D eigenvalue weighted by Crippen LogP contribution is -2.11. The van der Waals surface area contributed by atoms with Crippen molar-refractivity contribution < 1.29 is 4.74 Å². The van der Waals surface area contributed by atoms with E-state index in [0.29, 0.717) is 0 Å². The van der Waals surface area contributed by atoms with Crippen molar-refractivity contribution in [2.45, 2.75) is 26.7 Å². The molecule has 0 atom stereocenters. The average Bonchev–Trinajstić information content (AvgIpc) is 2.24. The quantitative estimate of drug-likeness (QED) is 0.575. The van der Waals surface area contributed by atoms with Crippen LogP contribution in [0.4, 0.5) is 0 Å².